The Labute approximate surface area is 112 Å². The minimum absolute atomic E-state index is 0.101. The summed E-state index contributed by atoms with van der Waals surface area (Å²) in [4.78, 5) is 31.8. The van der Waals surface area contributed by atoms with Gasteiger partial charge in [0.05, 0.1) is 6.33 Å². The molecule has 0 spiro atoms. The summed E-state index contributed by atoms with van der Waals surface area (Å²) in [5, 5.41) is 5.77. The number of nitrogens with one attached hydrogen (secondary N) is 3. The highest BCUT2D eigenvalue weighted by Crippen LogP contribution is 2.22. The van der Waals surface area contributed by atoms with Crippen molar-refractivity contribution in [2.45, 2.75) is 6.04 Å². The van der Waals surface area contributed by atoms with Crippen LogP contribution in [0.3, 0.4) is 0 Å². The molecule has 7 nitrogen and oxygen atoms in total. The minimum Gasteiger partial charge on any atom is -0.357 e. The van der Waals surface area contributed by atoms with E-state index in [1.165, 1.54) is 6.33 Å². The first-order valence-electron chi connectivity index (χ1n) is 5.57. The maximum atomic E-state index is 11.8. The zero-order valence-electron chi connectivity index (χ0n) is 9.86. The van der Waals surface area contributed by atoms with Crippen LogP contribution in [0.4, 0.5) is 5.82 Å². The van der Waals surface area contributed by atoms with E-state index in [1.54, 1.807) is 7.05 Å². The van der Waals surface area contributed by atoms with Crippen LogP contribution in [0, 0.1) is 0 Å². The molecule has 0 radical (unpaired) electrons. The first-order chi connectivity index (χ1) is 8.65. The van der Waals surface area contributed by atoms with Gasteiger partial charge in [0.1, 0.15) is 10.5 Å². The summed E-state index contributed by atoms with van der Waals surface area (Å²) in [6.07, 6.45) is 1.34. The van der Waals surface area contributed by atoms with Crippen molar-refractivity contribution in [3.63, 3.8) is 0 Å². The molecular weight excluding hydrogens is 302 g/mol. The predicted octanol–water partition coefficient (Wildman–Crippen LogP) is -0.943. The molecule has 2 heterocycles. The molecule has 1 fully saturated rings. The summed E-state index contributed by atoms with van der Waals surface area (Å²) in [7, 11) is 1.59. The molecule has 0 bridgehead atoms. The number of carbonyl (C=O) groups is 1. The van der Waals surface area contributed by atoms with Gasteiger partial charge < -0.3 is 20.5 Å². The van der Waals surface area contributed by atoms with E-state index in [9.17, 15) is 9.59 Å². The first kappa shape index (κ1) is 13.0. The van der Waals surface area contributed by atoms with Crippen molar-refractivity contribution < 1.29 is 4.79 Å². The summed E-state index contributed by atoms with van der Waals surface area (Å²) >= 11 is 3.21. The zero-order valence-corrected chi connectivity index (χ0v) is 11.5. The fourth-order valence-electron chi connectivity index (χ4n) is 1.93. The van der Waals surface area contributed by atoms with E-state index in [2.05, 4.69) is 36.5 Å². The summed E-state index contributed by atoms with van der Waals surface area (Å²) in [5.74, 6) is 0.394. The van der Waals surface area contributed by atoms with Crippen molar-refractivity contribution in [1.29, 1.82) is 0 Å². The molecule has 1 atom stereocenters. The number of anilines is 1. The highest BCUT2D eigenvalue weighted by molar-refractivity contribution is 9.10. The van der Waals surface area contributed by atoms with Crippen LogP contribution < -0.4 is 21.1 Å². The maximum Gasteiger partial charge on any atom is 0.267 e. The Hall–Kier alpha value is -1.41. The molecule has 0 aromatic carbocycles. The number of aromatic nitrogens is 2. The summed E-state index contributed by atoms with van der Waals surface area (Å²) in [5.41, 5.74) is -0.255. The molecule has 1 aliphatic rings. The average molecular weight is 316 g/mol. The Bertz CT molecular complexity index is 503. The Morgan fingerprint density at radius 3 is 3.17 bits per heavy atom. The number of halogens is 1. The van der Waals surface area contributed by atoms with Crippen molar-refractivity contribution in [3.05, 3.63) is 21.2 Å². The van der Waals surface area contributed by atoms with Crippen LogP contribution in [-0.2, 0) is 4.79 Å². The molecule has 1 aromatic rings. The van der Waals surface area contributed by atoms with E-state index in [1.807, 2.05) is 4.90 Å². The minimum atomic E-state index is -0.366. The number of H-pyrrole nitrogens is 1. The maximum absolute atomic E-state index is 11.8. The summed E-state index contributed by atoms with van der Waals surface area (Å²) in [6.45, 7) is 1.89. The Kier molecular flexibility index (Phi) is 3.97. The standard InChI is InChI=1S/C10H14BrN5O2/c1-12-9(17)6-4-13-2-3-16(6)8-7(11)10(18)15-5-14-8/h5-6,13H,2-4H2,1H3,(H,12,17)(H,14,15,18). The largest absolute Gasteiger partial charge is 0.357 e. The summed E-state index contributed by atoms with van der Waals surface area (Å²) < 4.78 is 0.348. The summed E-state index contributed by atoms with van der Waals surface area (Å²) in [6, 6.07) is -0.366. The van der Waals surface area contributed by atoms with Crippen molar-refractivity contribution in [3.8, 4) is 0 Å². The average Bonchev–Trinajstić information content (AvgIpc) is 2.41. The van der Waals surface area contributed by atoms with Gasteiger partial charge in [0.2, 0.25) is 5.91 Å². The fraction of sp³-hybridized carbons (Fsp3) is 0.500. The van der Waals surface area contributed by atoms with Crippen LogP contribution in [0.15, 0.2) is 15.6 Å². The van der Waals surface area contributed by atoms with Crippen LogP contribution in [0.25, 0.3) is 0 Å². The molecule has 1 aliphatic heterocycles. The molecular formula is C10H14BrN5O2. The van der Waals surface area contributed by atoms with Gasteiger partial charge in [-0.15, -0.1) is 0 Å². The Morgan fingerprint density at radius 1 is 1.67 bits per heavy atom. The highest BCUT2D eigenvalue weighted by atomic mass is 79.9. The Morgan fingerprint density at radius 2 is 2.44 bits per heavy atom. The SMILES string of the molecule is CNC(=O)C1CNCCN1c1nc[nH]c(=O)c1Br. The van der Waals surface area contributed by atoms with Crippen LogP contribution in [0.1, 0.15) is 0 Å². The van der Waals surface area contributed by atoms with Crippen molar-refractivity contribution >= 4 is 27.7 Å². The number of amides is 1. The lowest BCUT2D eigenvalue weighted by molar-refractivity contribution is -0.122. The molecule has 2 rings (SSSR count). The normalized spacial score (nSPS) is 19.7. The lowest BCUT2D eigenvalue weighted by Gasteiger charge is -2.35. The third-order valence-corrected chi connectivity index (χ3v) is 3.56. The molecule has 1 unspecified atom stereocenters. The highest BCUT2D eigenvalue weighted by Gasteiger charge is 2.30. The number of piperazine rings is 1. The van der Waals surface area contributed by atoms with Crippen LogP contribution in [-0.4, -0.2) is 48.6 Å². The molecule has 1 aromatic heterocycles. The van der Waals surface area contributed by atoms with Crippen molar-refractivity contribution in [2.75, 3.05) is 31.6 Å². The van der Waals surface area contributed by atoms with Gasteiger partial charge in [0.25, 0.3) is 5.56 Å². The van der Waals surface area contributed by atoms with Crippen molar-refractivity contribution in [1.82, 2.24) is 20.6 Å². The van der Waals surface area contributed by atoms with E-state index in [4.69, 9.17) is 0 Å². The van der Waals surface area contributed by atoms with Gasteiger partial charge in [-0.2, -0.15) is 0 Å². The zero-order chi connectivity index (χ0) is 13.1. The number of aromatic amines is 1. The second-order valence-corrected chi connectivity index (χ2v) is 4.69. The topological polar surface area (TPSA) is 90.1 Å². The molecule has 98 valence electrons. The lowest BCUT2D eigenvalue weighted by Crippen LogP contribution is -2.58. The molecule has 1 saturated heterocycles. The molecule has 8 heteroatoms. The second kappa shape index (κ2) is 5.49. The van der Waals surface area contributed by atoms with E-state index >= 15 is 0 Å². The first-order valence-corrected chi connectivity index (χ1v) is 6.36. The lowest BCUT2D eigenvalue weighted by atomic mass is 10.2. The third kappa shape index (κ3) is 2.39. The number of hydrogen-bond donors (Lipinski definition) is 3. The van der Waals surface area contributed by atoms with Gasteiger partial charge in [0, 0.05) is 26.7 Å². The van der Waals surface area contributed by atoms with Gasteiger partial charge in [-0.3, -0.25) is 9.59 Å². The van der Waals surface area contributed by atoms with Crippen LogP contribution in [0.5, 0.6) is 0 Å². The van der Waals surface area contributed by atoms with Crippen LogP contribution >= 0.6 is 15.9 Å². The quantitative estimate of drug-likeness (QED) is 0.655. The van der Waals surface area contributed by atoms with Crippen LogP contribution in [0.2, 0.25) is 0 Å². The third-order valence-electron chi connectivity index (χ3n) is 2.84. The van der Waals surface area contributed by atoms with Gasteiger partial charge in [-0.25, -0.2) is 4.98 Å². The number of carbonyl (C=O) groups excluding carboxylic acids is 1. The predicted molar refractivity (Wildman–Crippen MR) is 70.6 cm³/mol. The number of likely N-dealkylation sites (N-methyl/N-ethyl adjacent to an activating group) is 1. The molecule has 3 N–H and O–H groups in total. The molecule has 18 heavy (non-hydrogen) atoms. The number of rotatable bonds is 2. The molecule has 0 aliphatic carbocycles. The fourth-order valence-corrected chi connectivity index (χ4v) is 2.38. The molecule has 1 amide bonds. The Balaban J connectivity index is 2.37. The van der Waals surface area contributed by atoms with E-state index in [0.29, 0.717) is 23.4 Å². The van der Waals surface area contributed by atoms with E-state index < -0.39 is 0 Å². The smallest absolute Gasteiger partial charge is 0.267 e. The van der Waals surface area contributed by atoms with Gasteiger partial charge >= 0.3 is 0 Å². The van der Waals surface area contributed by atoms with E-state index in [0.717, 1.165) is 6.54 Å². The number of hydrogen-bond acceptors (Lipinski definition) is 5. The van der Waals surface area contributed by atoms with Crippen molar-refractivity contribution in [2.24, 2.45) is 0 Å². The monoisotopic (exact) mass is 315 g/mol. The van der Waals surface area contributed by atoms with Gasteiger partial charge in [0.15, 0.2) is 5.82 Å². The van der Waals surface area contributed by atoms with Gasteiger partial charge in [-0.05, 0) is 15.9 Å². The second-order valence-electron chi connectivity index (χ2n) is 3.90. The number of nitrogens with zero attached hydrogens (tertiary/aromatic N) is 2. The van der Waals surface area contributed by atoms with Gasteiger partial charge in [-0.1, -0.05) is 0 Å². The van der Waals surface area contributed by atoms with E-state index in [-0.39, 0.29) is 17.5 Å². The molecule has 0 saturated carbocycles.